The van der Waals surface area contributed by atoms with E-state index in [0.717, 1.165) is 34.7 Å². The van der Waals surface area contributed by atoms with Crippen LogP contribution in [0.2, 0.25) is 5.02 Å². The van der Waals surface area contributed by atoms with Crippen LogP contribution in [-0.2, 0) is 0 Å². The van der Waals surface area contributed by atoms with Gasteiger partial charge in [-0.25, -0.2) is 4.79 Å². The maximum absolute atomic E-state index is 12.9. The van der Waals surface area contributed by atoms with Crippen molar-refractivity contribution in [2.45, 2.75) is 32.6 Å². The zero-order valence-electron chi connectivity index (χ0n) is 17.9. The van der Waals surface area contributed by atoms with Crippen molar-refractivity contribution < 1.29 is 9.59 Å². The van der Waals surface area contributed by atoms with Crippen molar-refractivity contribution in [2.75, 3.05) is 23.7 Å². The number of likely N-dealkylation sites (tertiary alicyclic amines) is 1. The van der Waals surface area contributed by atoms with Crippen LogP contribution < -0.4 is 10.6 Å². The third-order valence-corrected chi connectivity index (χ3v) is 6.94. The van der Waals surface area contributed by atoms with Gasteiger partial charge in [0.1, 0.15) is 5.01 Å². The number of amides is 3. The Balaban J connectivity index is 1.40. The molecule has 166 valence electrons. The van der Waals surface area contributed by atoms with Gasteiger partial charge >= 0.3 is 6.03 Å². The molecular formula is C23H24ClN5O2S. The number of halogens is 1. The number of nitrogens with zero attached hydrogens (tertiary/aromatic N) is 3. The van der Waals surface area contributed by atoms with Gasteiger partial charge in [0.05, 0.1) is 0 Å². The molecule has 1 fully saturated rings. The fourth-order valence-corrected chi connectivity index (χ4v) is 4.74. The number of anilines is 2. The number of carbonyl (C=O) groups excluding carboxylic acids is 2. The van der Waals surface area contributed by atoms with Gasteiger partial charge in [-0.1, -0.05) is 41.1 Å². The highest BCUT2D eigenvalue weighted by molar-refractivity contribution is 7.13. The number of hydrogen-bond acceptors (Lipinski definition) is 5. The maximum Gasteiger partial charge on any atom is 0.321 e. The number of nitrogens with one attached hydrogen (secondary N) is 2. The van der Waals surface area contributed by atoms with Crippen molar-refractivity contribution in [2.24, 2.45) is 0 Å². The maximum atomic E-state index is 12.9. The van der Waals surface area contributed by atoms with Gasteiger partial charge in [-0.2, -0.15) is 0 Å². The average Bonchev–Trinajstić information content (AvgIpc) is 3.28. The minimum Gasteiger partial charge on any atom is -0.324 e. The molecule has 7 nitrogen and oxygen atoms in total. The molecule has 0 radical (unpaired) electrons. The minimum atomic E-state index is -0.323. The van der Waals surface area contributed by atoms with Gasteiger partial charge in [0.2, 0.25) is 5.01 Å². The van der Waals surface area contributed by atoms with Gasteiger partial charge in [0.15, 0.2) is 0 Å². The van der Waals surface area contributed by atoms with E-state index in [9.17, 15) is 9.59 Å². The number of hydrogen-bond donors (Lipinski definition) is 2. The monoisotopic (exact) mass is 469 g/mol. The quantitative estimate of drug-likeness (QED) is 0.530. The molecule has 0 saturated carbocycles. The molecule has 2 aromatic carbocycles. The number of rotatable bonds is 4. The zero-order valence-corrected chi connectivity index (χ0v) is 19.5. The molecule has 1 aliphatic heterocycles. The smallest absolute Gasteiger partial charge is 0.321 e. The third kappa shape index (κ3) is 5.08. The second-order valence-electron chi connectivity index (χ2n) is 7.87. The Morgan fingerprint density at radius 3 is 2.75 bits per heavy atom. The Morgan fingerprint density at radius 2 is 1.94 bits per heavy atom. The average molecular weight is 470 g/mol. The van der Waals surface area contributed by atoms with Crippen LogP contribution >= 0.6 is 22.9 Å². The summed E-state index contributed by atoms with van der Waals surface area (Å²) in [5.41, 5.74) is 3.63. The Morgan fingerprint density at radius 1 is 1.12 bits per heavy atom. The highest BCUT2D eigenvalue weighted by Crippen LogP contribution is 2.30. The molecule has 3 amide bonds. The van der Waals surface area contributed by atoms with E-state index in [1.54, 1.807) is 24.3 Å². The first-order chi connectivity index (χ1) is 15.4. The van der Waals surface area contributed by atoms with Crippen molar-refractivity contribution in [3.8, 4) is 0 Å². The number of piperidine rings is 1. The van der Waals surface area contributed by atoms with Crippen LogP contribution in [0, 0.1) is 13.8 Å². The van der Waals surface area contributed by atoms with E-state index < -0.39 is 0 Å². The molecule has 0 bridgehead atoms. The van der Waals surface area contributed by atoms with Gasteiger partial charge in [-0.3, -0.25) is 4.79 Å². The SMILES string of the molecule is Cc1cccc(NC(=O)N2CCC[C@@H](c3nnc(C(=O)Nc4cccc(Cl)c4)s3)C2)c1C. The lowest BCUT2D eigenvalue weighted by molar-refractivity contribution is 0.102. The predicted octanol–water partition coefficient (Wildman–Crippen LogP) is 5.47. The molecule has 1 aliphatic rings. The van der Waals surface area contributed by atoms with Crippen molar-refractivity contribution in [1.29, 1.82) is 0 Å². The second kappa shape index (κ2) is 9.67. The van der Waals surface area contributed by atoms with Crippen LogP contribution in [0.15, 0.2) is 42.5 Å². The minimum absolute atomic E-state index is 0.0540. The van der Waals surface area contributed by atoms with Crippen molar-refractivity contribution in [3.63, 3.8) is 0 Å². The number of carbonyl (C=O) groups is 2. The summed E-state index contributed by atoms with van der Waals surface area (Å²) in [6.07, 6.45) is 1.77. The Hall–Kier alpha value is -2.97. The standard InChI is InChI=1S/C23H24ClN5O2S/c1-14-6-3-10-19(15(14)2)26-23(31)29-11-5-7-16(13-29)21-27-28-22(32-21)20(30)25-18-9-4-8-17(24)12-18/h3-4,6,8-10,12,16H,5,7,11,13H2,1-2H3,(H,25,30)(H,26,31)/t16-/m1/s1. The first-order valence-corrected chi connectivity index (χ1v) is 11.6. The van der Waals surface area contributed by atoms with Crippen LogP contribution in [-0.4, -0.2) is 40.1 Å². The van der Waals surface area contributed by atoms with E-state index in [-0.39, 0.29) is 22.9 Å². The van der Waals surface area contributed by atoms with Crippen molar-refractivity contribution >= 4 is 46.3 Å². The topological polar surface area (TPSA) is 87.2 Å². The lowest BCUT2D eigenvalue weighted by atomic mass is 9.99. The Kier molecular flexibility index (Phi) is 6.72. The van der Waals surface area contributed by atoms with Gasteiger partial charge in [0.25, 0.3) is 5.91 Å². The Labute approximate surface area is 195 Å². The van der Waals surface area contributed by atoms with Gasteiger partial charge in [0, 0.05) is 35.4 Å². The molecule has 0 spiro atoms. The van der Waals surface area contributed by atoms with Crippen LogP contribution in [0.3, 0.4) is 0 Å². The van der Waals surface area contributed by atoms with Crippen LogP contribution in [0.4, 0.5) is 16.2 Å². The molecule has 0 unspecified atom stereocenters. The second-order valence-corrected chi connectivity index (χ2v) is 9.32. The van der Waals surface area contributed by atoms with Crippen LogP contribution in [0.5, 0.6) is 0 Å². The highest BCUT2D eigenvalue weighted by atomic mass is 35.5. The van der Waals surface area contributed by atoms with E-state index >= 15 is 0 Å². The lowest BCUT2D eigenvalue weighted by Crippen LogP contribution is -2.41. The fourth-order valence-electron chi connectivity index (χ4n) is 3.69. The van der Waals surface area contributed by atoms with E-state index in [2.05, 4.69) is 20.8 Å². The highest BCUT2D eigenvalue weighted by Gasteiger charge is 2.28. The Bertz CT molecular complexity index is 1150. The summed E-state index contributed by atoms with van der Waals surface area (Å²) in [5.74, 6) is -0.269. The molecule has 9 heteroatoms. The molecule has 0 aliphatic carbocycles. The summed E-state index contributed by atoms with van der Waals surface area (Å²) in [5, 5.41) is 15.7. The molecule has 32 heavy (non-hydrogen) atoms. The predicted molar refractivity (Wildman–Crippen MR) is 128 cm³/mol. The van der Waals surface area contributed by atoms with Gasteiger partial charge in [-0.15, -0.1) is 10.2 Å². The van der Waals surface area contributed by atoms with Gasteiger partial charge in [-0.05, 0) is 62.1 Å². The van der Waals surface area contributed by atoms with E-state index in [1.807, 2.05) is 36.9 Å². The molecule has 1 aromatic heterocycles. The summed E-state index contributed by atoms with van der Waals surface area (Å²) >= 11 is 7.24. The summed E-state index contributed by atoms with van der Waals surface area (Å²) in [7, 11) is 0. The van der Waals surface area contributed by atoms with Crippen LogP contribution in [0.25, 0.3) is 0 Å². The molecule has 4 rings (SSSR count). The first kappa shape index (κ1) is 22.2. The number of aromatic nitrogens is 2. The lowest BCUT2D eigenvalue weighted by Gasteiger charge is -2.31. The fraction of sp³-hybridized carbons (Fsp3) is 0.304. The summed E-state index contributed by atoms with van der Waals surface area (Å²) in [6, 6.07) is 12.7. The normalized spacial score (nSPS) is 16.0. The molecule has 2 N–H and O–H groups in total. The summed E-state index contributed by atoms with van der Waals surface area (Å²) in [4.78, 5) is 27.2. The van der Waals surface area contributed by atoms with Crippen molar-refractivity contribution in [1.82, 2.24) is 15.1 Å². The van der Waals surface area contributed by atoms with Gasteiger partial charge < -0.3 is 15.5 Å². The third-order valence-electron chi connectivity index (χ3n) is 5.62. The van der Waals surface area contributed by atoms with E-state index in [1.165, 1.54) is 11.3 Å². The van der Waals surface area contributed by atoms with Crippen LogP contribution in [0.1, 0.15) is 44.7 Å². The summed E-state index contributed by atoms with van der Waals surface area (Å²) in [6.45, 7) is 5.26. The molecular weight excluding hydrogens is 446 g/mol. The zero-order chi connectivity index (χ0) is 22.7. The number of benzene rings is 2. The van der Waals surface area contributed by atoms with E-state index in [0.29, 0.717) is 23.8 Å². The first-order valence-electron chi connectivity index (χ1n) is 10.4. The molecule has 1 atom stereocenters. The largest absolute Gasteiger partial charge is 0.324 e. The molecule has 3 aromatic rings. The number of urea groups is 1. The molecule has 2 heterocycles. The summed E-state index contributed by atoms with van der Waals surface area (Å²) < 4.78 is 0. The van der Waals surface area contributed by atoms with E-state index in [4.69, 9.17) is 11.6 Å². The number of aryl methyl sites for hydroxylation is 1. The molecule has 1 saturated heterocycles. The van der Waals surface area contributed by atoms with Crippen molar-refractivity contribution in [3.05, 3.63) is 68.6 Å².